The van der Waals surface area contributed by atoms with E-state index in [-0.39, 0.29) is 17.8 Å². The van der Waals surface area contributed by atoms with Crippen molar-refractivity contribution in [2.24, 2.45) is 5.41 Å². The van der Waals surface area contributed by atoms with E-state index in [4.69, 9.17) is 9.47 Å². The number of Topliss-reactive ketones (excluding diaryl/α,β-unsaturated/α-hetero) is 1. The number of ether oxygens (including phenoxy) is 2. The number of carbonyl (C=O) groups is 2. The predicted molar refractivity (Wildman–Crippen MR) is 123 cm³/mol. The fourth-order valence-corrected chi connectivity index (χ4v) is 4.67. The number of allylic oxidation sites excluding steroid dienone is 3. The maximum absolute atomic E-state index is 14.2. The molecule has 0 aromatic heterocycles. The number of hydrogen-bond acceptors (Lipinski definition) is 5. The van der Waals surface area contributed by atoms with Gasteiger partial charge in [-0.15, -0.1) is 0 Å². The molecule has 4 rings (SSSR count). The molecule has 1 atom stereocenters. The van der Waals surface area contributed by atoms with Gasteiger partial charge in [-0.3, -0.25) is 4.79 Å². The van der Waals surface area contributed by atoms with Gasteiger partial charge in [0.15, 0.2) is 5.78 Å². The van der Waals surface area contributed by atoms with Gasteiger partial charge < -0.3 is 14.8 Å². The zero-order valence-electron chi connectivity index (χ0n) is 19.3. The molecular weight excluding hydrogens is 421 g/mol. The van der Waals surface area contributed by atoms with Crippen molar-refractivity contribution in [2.45, 2.75) is 46.1 Å². The molecule has 2 aromatic rings. The summed E-state index contributed by atoms with van der Waals surface area (Å²) >= 11 is 0. The molecule has 1 aliphatic heterocycles. The van der Waals surface area contributed by atoms with Crippen molar-refractivity contribution >= 4 is 11.8 Å². The second-order valence-corrected chi connectivity index (χ2v) is 9.41. The lowest BCUT2D eigenvalue weighted by Gasteiger charge is -2.39. The normalized spacial score (nSPS) is 19.7. The Hall–Kier alpha value is -3.41. The Morgan fingerprint density at radius 2 is 1.88 bits per heavy atom. The second-order valence-electron chi connectivity index (χ2n) is 9.41. The van der Waals surface area contributed by atoms with Crippen LogP contribution in [0.5, 0.6) is 5.75 Å². The second kappa shape index (κ2) is 8.85. The van der Waals surface area contributed by atoms with Gasteiger partial charge in [-0.05, 0) is 54.2 Å². The number of rotatable bonds is 5. The van der Waals surface area contributed by atoms with Crippen LogP contribution in [0, 0.1) is 11.2 Å². The monoisotopic (exact) mass is 449 g/mol. The summed E-state index contributed by atoms with van der Waals surface area (Å²) in [5.74, 6) is -0.945. The molecule has 5 nitrogen and oxygen atoms in total. The summed E-state index contributed by atoms with van der Waals surface area (Å²) in [6, 6.07) is 13.3. The lowest BCUT2D eigenvalue weighted by molar-refractivity contribution is -0.140. The first kappa shape index (κ1) is 22.8. The highest BCUT2D eigenvalue weighted by Gasteiger charge is 2.43. The maximum atomic E-state index is 14.2. The van der Waals surface area contributed by atoms with Gasteiger partial charge in [0.25, 0.3) is 0 Å². The average molecular weight is 450 g/mol. The minimum absolute atomic E-state index is 0.0315. The molecule has 0 saturated heterocycles. The van der Waals surface area contributed by atoms with Crippen molar-refractivity contribution in [1.29, 1.82) is 0 Å². The molecule has 6 heteroatoms. The third kappa shape index (κ3) is 4.70. The van der Waals surface area contributed by atoms with E-state index >= 15 is 0 Å². The van der Waals surface area contributed by atoms with Crippen LogP contribution in [0.15, 0.2) is 71.1 Å². The van der Waals surface area contributed by atoms with E-state index in [9.17, 15) is 14.0 Å². The zero-order valence-corrected chi connectivity index (χ0v) is 19.3. The van der Waals surface area contributed by atoms with Crippen molar-refractivity contribution in [3.63, 3.8) is 0 Å². The lowest BCUT2D eigenvalue weighted by atomic mass is 9.68. The Balaban J connectivity index is 1.69. The molecule has 0 bridgehead atoms. The van der Waals surface area contributed by atoms with Gasteiger partial charge in [-0.25, -0.2) is 9.18 Å². The number of dihydropyridines is 1. The highest BCUT2D eigenvalue weighted by atomic mass is 19.1. The third-order valence-corrected chi connectivity index (χ3v) is 6.17. The fourth-order valence-electron chi connectivity index (χ4n) is 4.67. The Kier molecular flexibility index (Phi) is 6.11. The van der Waals surface area contributed by atoms with Gasteiger partial charge in [0, 0.05) is 29.3 Å². The number of hydrogen-bond donors (Lipinski definition) is 1. The summed E-state index contributed by atoms with van der Waals surface area (Å²) in [6.07, 6.45) is 1.04. The molecule has 1 unspecified atom stereocenters. The molecule has 0 spiro atoms. The van der Waals surface area contributed by atoms with Crippen LogP contribution < -0.4 is 10.1 Å². The van der Waals surface area contributed by atoms with Crippen molar-refractivity contribution in [3.8, 4) is 5.75 Å². The van der Waals surface area contributed by atoms with E-state index in [0.717, 1.165) is 11.3 Å². The van der Waals surface area contributed by atoms with Crippen molar-refractivity contribution in [1.82, 2.24) is 5.32 Å². The van der Waals surface area contributed by atoms with E-state index in [0.29, 0.717) is 41.0 Å². The average Bonchev–Trinajstić information content (AvgIpc) is 2.76. The molecule has 0 fully saturated rings. The number of carbonyl (C=O) groups excluding carboxylic acids is 2. The highest BCUT2D eigenvalue weighted by molar-refractivity contribution is 6.04. The van der Waals surface area contributed by atoms with Crippen LogP contribution >= 0.6 is 0 Å². The summed E-state index contributed by atoms with van der Waals surface area (Å²) in [7, 11) is 1.59. The van der Waals surface area contributed by atoms with Crippen LogP contribution in [0.3, 0.4) is 0 Å². The van der Waals surface area contributed by atoms with Gasteiger partial charge in [0.2, 0.25) is 0 Å². The minimum Gasteiger partial charge on any atom is -0.497 e. The molecule has 1 N–H and O–H groups in total. The number of benzene rings is 2. The van der Waals surface area contributed by atoms with Crippen molar-refractivity contribution < 1.29 is 23.5 Å². The lowest BCUT2D eigenvalue weighted by Crippen LogP contribution is -2.38. The molecule has 0 amide bonds. The highest BCUT2D eigenvalue weighted by Crippen LogP contribution is 2.46. The van der Waals surface area contributed by atoms with Crippen LogP contribution in [-0.2, 0) is 20.9 Å². The first-order valence-electron chi connectivity index (χ1n) is 11.0. The van der Waals surface area contributed by atoms with E-state index in [1.807, 2.05) is 26.0 Å². The number of esters is 1. The van der Waals surface area contributed by atoms with E-state index in [1.165, 1.54) is 12.1 Å². The van der Waals surface area contributed by atoms with E-state index < -0.39 is 17.7 Å². The first-order chi connectivity index (χ1) is 15.7. The fraction of sp³-hybridized carbons (Fsp3) is 0.333. The molecule has 33 heavy (non-hydrogen) atoms. The first-order valence-corrected chi connectivity index (χ1v) is 11.0. The molecule has 172 valence electrons. The van der Waals surface area contributed by atoms with E-state index in [2.05, 4.69) is 5.32 Å². The summed E-state index contributed by atoms with van der Waals surface area (Å²) in [4.78, 5) is 26.6. The van der Waals surface area contributed by atoms with E-state index in [1.54, 1.807) is 38.3 Å². The topological polar surface area (TPSA) is 64.6 Å². The smallest absolute Gasteiger partial charge is 0.337 e. The maximum Gasteiger partial charge on any atom is 0.337 e. The van der Waals surface area contributed by atoms with Gasteiger partial charge in [-0.1, -0.05) is 38.1 Å². The standard InChI is InChI=1S/C27H28FNO4/c1-16-23(26(31)33-15-17-8-10-20(32-4)11-9-17)24(18-6-5-7-19(28)12-18)25-21(29-16)13-27(2,3)14-22(25)30/h5-12,24,29H,13-15H2,1-4H3. The number of methoxy groups -OCH3 is 1. The van der Waals surface area contributed by atoms with Crippen LogP contribution in [0.2, 0.25) is 0 Å². The van der Waals surface area contributed by atoms with Crippen molar-refractivity contribution in [3.05, 3.63) is 88.0 Å². The molecule has 0 radical (unpaired) electrons. The number of halogens is 1. The van der Waals surface area contributed by atoms with Gasteiger partial charge in [-0.2, -0.15) is 0 Å². The molecule has 0 saturated carbocycles. The van der Waals surface area contributed by atoms with Crippen LogP contribution in [0.1, 0.15) is 50.7 Å². The summed E-state index contributed by atoms with van der Waals surface area (Å²) in [6.45, 7) is 5.96. The number of nitrogens with one attached hydrogen (secondary N) is 1. The minimum atomic E-state index is -0.677. The SMILES string of the molecule is COc1ccc(COC(=O)C2=C(C)NC3=C(C(=O)CC(C)(C)C3)C2c2cccc(F)c2)cc1. The largest absolute Gasteiger partial charge is 0.497 e. The third-order valence-electron chi connectivity index (χ3n) is 6.17. The van der Waals surface area contributed by atoms with Crippen LogP contribution in [0.25, 0.3) is 0 Å². The van der Waals surface area contributed by atoms with Gasteiger partial charge in [0.05, 0.1) is 12.7 Å². The molecular formula is C27H28FNO4. The summed E-state index contributed by atoms with van der Waals surface area (Å²) < 4.78 is 25.0. The number of ketones is 1. The van der Waals surface area contributed by atoms with Crippen LogP contribution in [-0.4, -0.2) is 18.9 Å². The van der Waals surface area contributed by atoms with Crippen LogP contribution in [0.4, 0.5) is 4.39 Å². The molecule has 2 aliphatic rings. The van der Waals surface area contributed by atoms with Gasteiger partial charge in [0.1, 0.15) is 18.2 Å². The molecule has 1 heterocycles. The Morgan fingerprint density at radius 1 is 1.15 bits per heavy atom. The molecule has 2 aromatic carbocycles. The van der Waals surface area contributed by atoms with Gasteiger partial charge >= 0.3 is 5.97 Å². The summed E-state index contributed by atoms with van der Waals surface area (Å²) in [5.41, 5.74) is 3.46. The predicted octanol–water partition coefficient (Wildman–Crippen LogP) is 5.18. The quantitative estimate of drug-likeness (QED) is 0.637. The Labute approximate surface area is 193 Å². The Morgan fingerprint density at radius 3 is 2.55 bits per heavy atom. The molecule has 1 aliphatic carbocycles. The summed E-state index contributed by atoms with van der Waals surface area (Å²) in [5, 5.41) is 3.29. The van der Waals surface area contributed by atoms with Crippen molar-refractivity contribution in [2.75, 3.05) is 7.11 Å². The Bertz CT molecular complexity index is 1160. The zero-order chi connectivity index (χ0) is 23.8.